The largest absolute Gasteiger partial charge is 0.481 e. The van der Waals surface area contributed by atoms with Crippen molar-refractivity contribution in [1.29, 1.82) is 0 Å². The van der Waals surface area contributed by atoms with E-state index in [-0.39, 0.29) is 17.8 Å². The number of aliphatic carboxylic acids is 1. The minimum atomic E-state index is -1.07. The number of carboxylic acid groups (broad SMARTS) is 1. The van der Waals surface area contributed by atoms with Crippen LogP contribution in [0, 0.1) is 5.92 Å². The first-order chi connectivity index (χ1) is 12.9. The third-order valence-electron chi connectivity index (χ3n) is 4.69. The molecular weight excluding hydrogens is 412 g/mol. The molecule has 27 heavy (non-hydrogen) atoms. The van der Waals surface area contributed by atoms with Crippen LogP contribution in [0.25, 0.3) is 0 Å². The van der Waals surface area contributed by atoms with E-state index < -0.39 is 34.9 Å². The highest BCUT2D eigenvalue weighted by Gasteiger charge is 2.55. The lowest BCUT2D eigenvalue weighted by molar-refractivity contribution is -0.141. The molecular formula is C17H13ClN2O5S2. The molecule has 10 heteroatoms. The Hall–Kier alpha value is -2.10. The average Bonchev–Trinajstić information content (AvgIpc) is 3.10. The second-order valence-corrected chi connectivity index (χ2v) is 8.88. The van der Waals surface area contributed by atoms with Crippen molar-refractivity contribution in [2.45, 2.75) is 22.6 Å². The summed E-state index contributed by atoms with van der Waals surface area (Å²) in [5.41, 5.74) is 0.785. The fourth-order valence-electron chi connectivity index (χ4n) is 3.53. The molecule has 0 aliphatic carbocycles. The minimum Gasteiger partial charge on any atom is -0.481 e. The van der Waals surface area contributed by atoms with E-state index in [0.29, 0.717) is 10.0 Å². The monoisotopic (exact) mass is 424 g/mol. The van der Waals surface area contributed by atoms with Gasteiger partial charge in [-0.25, -0.2) is 0 Å². The van der Waals surface area contributed by atoms with Crippen molar-refractivity contribution < 1.29 is 19.5 Å². The number of carbonyl (C=O) groups is 3. The molecule has 7 nitrogen and oxygen atoms in total. The zero-order valence-corrected chi connectivity index (χ0v) is 16.1. The van der Waals surface area contributed by atoms with E-state index in [1.807, 2.05) is 0 Å². The molecule has 1 fully saturated rings. The number of H-pyrrole nitrogens is 1. The van der Waals surface area contributed by atoms with Crippen molar-refractivity contribution in [1.82, 2.24) is 9.88 Å². The van der Waals surface area contributed by atoms with Gasteiger partial charge in [0.1, 0.15) is 5.25 Å². The van der Waals surface area contributed by atoms with Crippen LogP contribution in [0.5, 0.6) is 0 Å². The molecule has 1 saturated heterocycles. The molecule has 140 valence electrons. The SMILES string of the molecule is O=C(O)CCN1C(=O)C2Sc3[nH]c(=O)sc3C(c3ccc(Cl)cc3)C2C1=O. The number of benzene rings is 1. The third kappa shape index (κ3) is 3.09. The van der Waals surface area contributed by atoms with Crippen molar-refractivity contribution in [2.75, 3.05) is 6.54 Å². The second-order valence-electron chi connectivity index (χ2n) is 6.27. The van der Waals surface area contributed by atoms with Crippen LogP contribution in [0.3, 0.4) is 0 Å². The van der Waals surface area contributed by atoms with Gasteiger partial charge in [0, 0.05) is 22.4 Å². The number of fused-ring (bicyclic) bond motifs is 2. The quantitative estimate of drug-likeness (QED) is 0.728. The second kappa shape index (κ2) is 6.81. The number of halogens is 1. The van der Waals surface area contributed by atoms with E-state index in [0.717, 1.165) is 26.7 Å². The smallest absolute Gasteiger partial charge is 0.305 e. The number of thiazole rings is 1. The molecule has 2 N–H and O–H groups in total. The molecule has 0 bridgehead atoms. The molecule has 1 aromatic carbocycles. The first-order valence-corrected chi connectivity index (χ1v) is 10.2. The lowest BCUT2D eigenvalue weighted by atomic mass is 9.83. The maximum absolute atomic E-state index is 13.0. The molecule has 3 unspecified atom stereocenters. The number of nitrogens with one attached hydrogen (secondary N) is 1. The number of rotatable bonds is 4. The average molecular weight is 425 g/mol. The van der Waals surface area contributed by atoms with Gasteiger partial charge in [-0.15, -0.1) is 0 Å². The van der Waals surface area contributed by atoms with Crippen molar-refractivity contribution in [3.8, 4) is 0 Å². The van der Waals surface area contributed by atoms with Gasteiger partial charge in [-0.2, -0.15) is 0 Å². The summed E-state index contributed by atoms with van der Waals surface area (Å²) in [5, 5.41) is 9.34. The summed E-state index contributed by atoms with van der Waals surface area (Å²) in [5.74, 6) is -3.02. The van der Waals surface area contributed by atoms with Crippen LogP contribution in [-0.2, 0) is 14.4 Å². The summed E-state index contributed by atoms with van der Waals surface area (Å²) < 4.78 is 0. The summed E-state index contributed by atoms with van der Waals surface area (Å²) in [6, 6.07) is 6.97. The molecule has 3 heterocycles. The highest BCUT2D eigenvalue weighted by atomic mass is 35.5. The Labute approximate surface area is 166 Å². The molecule has 2 aliphatic heterocycles. The highest BCUT2D eigenvalue weighted by molar-refractivity contribution is 8.00. The lowest BCUT2D eigenvalue weighted by Crippen LogP contribution is -2.33. The van der Waals surface area contributed by atoms with Gasteiger partial charge in [-0.3, -0.25) is 24.1 Å². The molecule has 1 aromatic heterocycles. The van der Waals surface area contributed by atoms with Gasteiger partial charge < -0.3 is 10.1 Å². The topological polar surface area (TPSA) is 108 Å². The summed E-state index contributed by atoms with van der Waals surface area (Å²) in [6.07, 6.45) is -0.300. The zero-order valence-electron chi connectivity index (χ0n) is 13.7. The van der Waals surface area contributed by atoms with Crippen molar-refractivity contribution in [3.63, 3.8) is 0 Å². The predicted molar refractivity (Wildman–Crippen MR) is 100 cm³/mol. The van der Waals surface area contributed by atoms with E-state index in [9.17, 15) is 19.2 Å². The number of thioether (sulfide) groups is 1. The van der Waals surface area contributed by atoms with Crippen molar-refractivity contribution in [2.24, 2.45) is 5.92 Å². The van der Waals surface area contributed by atoms with Gasteiger partial charge in [0.25, 0.3) is 0 Å². The first-order valence-electron chi connectivity index (χ1n) is 8.09. The van der Waals surface area contributed by atoms with Crippen LogP contribution >= 0.6 is 34.7 Å². The summed E-state index contributed by atoms with van der Waals surface area (Å²) in [7, 11) is 0. The van der Waals surface area contributed by atoms with Gasteiger partial charge in [0.2, 0.25) is 11.8 Å². The van der Waals surface area contributed by atoms with Crippen molar-refractivity contribution >= 4 is 52.5 Å². The number of imide groups is 1. The minimum absolute atomic E-state index is 0.155. The third-order valence-corrected chi connectivity index (χ3v) is 7.35. The van der Waals surface area contributed by atoms with Gasteiger partial charge in [0.15, 0.2) is 0 Å². The molecule has 4 rings (SSSR count). The number of aromatic nitrogens is 1. The van der Waals surface area contributed by atoms with Gasteiger partial charge >= 0.3 is 10.8 Å². The fraction of sp³-hybridized carbons (Fsp3) is 0.294. The van der Waals surface area contributed by atoms with Crippen LogP contribution in [0.2, 0.25) is 5.02 Å². The lowest BCUT2D eigenvalue weighted by Gasteiger charge is -2.29. The van der Waals surface area contributed by atoms with Crippen molar-refractivity contribution in [3.05, 3.63) is 49.4 Å². The Morgan fingerprint density at radius 3 is 2.56 bits per heavy atom. The molecule has 3 atom stereocenters. The summed E-state index contributed by atoms with van der Waals surface area (Å²) in [4.78, 5) is 52.8. The van der Waals surface area contributed by atoms with E-state index in [2.05, 4.69) is 4.98 Å². The van der Waals surface area contributed by atoms with Gasteiger partial charge in [-0.05, 0) is 17.7 Å². The van der Waals surface area contributed by atoms with E-state index in [4.69, 9.17) is 16.7 Å². The summed E-state index contributed by atoms with van der Waals surface area (Å²) in [6.45, 7) is -0.155. The van der Waals surface area contributed by atoms with Crippen LogP contribution in [0.1, 0.15) is 22.8 Å². The molecule has 0 spiro atoms. The van der Waals surface area contributed by atoms with Crippen LogP contribution in [0.15, 0.2) is 34.1 Å². The number of hydrogen-bond acceptors (Lipinski definition) is 6. The summed E-state index contributed by atoms with van der Waals surface area (Å²) >= 11 is 8.17. The molecule has 0 radical (unpaired) electrons. The molecule has 0 saturated carbocycles. The molecule has 2 amide bonds. The molecule has 2 aromatic rings. The van der Waals surface area contributed by atoms with Crippen LogP contribution < -0.4 is 4.87 Å². The highest BCUT2D eigenvalue weighted by Crippen LogP contribution is 2.52. The number of nitrogens with zero attached hydrogens (tertiary/aromatic N) is 1. The van der Waals surface area contributed by atoms with E-state index in [1.54, 1.807) is 24.3 Å². The van der Waals surface area contributed by atoms with E-state index >= 15 is 0 Å². The van der Waals surface area contributed by atoms with Crippen LogP contribution in [0.4, 0.5) is 0 Å². The Kier molecular flexibility index (Phi) is 4.61. The first kappa shape index (κ1) is 18.3. The normalized spacial score (nSPS) is 24.0. The fourth-order valence-corrected chi connectivity index (χ4v) is 6.19. The maximum atomic E-state index is 13.0. The zero-order chi connectivity index (χ0) is 19.3. The standard InChI is InChI=1S/C17H13ClN2O5S2/c18-8-3-1-7(2-4-8)10-11-13(26-14-12(10)27-17(25)19-14)16(24)20(15(11)23)6-5-9(21)22/h1-4,10-11,13H,5-6H2,(H,19,25)(H,21,22). The van der Waals surface area contributed by atoms with E-state index in [1.165, 1.54) is 11.8 Å². The number of hydrogen-bond donors (Lipinski definition) is 2. The Balaban J connectivity index is 1.79. The Morgan fingerprint density at radius 2 is 1.89 bits per heavy atom. The predicted octanol–water partition coefficient (Wildman–Crippen LogP) is 2.16. The molecule has 2 aliphatic rings. The Bertz CT molecular complexity index is 999. The number of carboxylic acids is 1. The number of likely N-dealkylation sites (tertiary alicyclic amines) is 1. The van der Waals surface area contributed by atoms with Gasteiger partial charge in [0.05, 0.1) is 17.4 Å². The Morgan fingerprint density at radius 1 is 1.19 bits per heavy atom. The number of aromatic amines is 1. The number of carbonyl (C=O) groups excluding carboxylic acids is 2. The number of amides is 2. The van der Waals surface area contributed by atoms with Crippen LogP contribution in [-0.4, -0.2) is 44.6 Å². The maximum Gasteiger partial charge on any atom is 0.305 e. The van der Waals surface area contributed by atoms with Gasteiger partial charge in [-0.1, -0.05) is 46.8 Å².